The molecule has 4 atom stereocenters. The molecule has 0 aromatic rings. The third-order valence-electron chi connectivity index (χ3n) is 6.65. The van der Waals surface area contributed by atoms with Crippen LogP contribution in [0.4, 0.5) is 0 Å². The van der Waals surface area contributed by atoms with Crippen molar-refractivity contribution in [1.29, 1.82) is 0 Å². The summed E-state index contributed by atoms with van der Waals surface area (Å²) < 4.78 is 5.87. The third kappa shape index (κ3) is 1.05. The van der Waals surface area contributed by atoms with Gasteiger partial charge in [-0.05, 0) is 29.6 Å². The van der Waals surface area contributed by atoms with Crippen LogP contribution in [0.25, 0.3) is 0 Å². The summed E-state index contributed by atoms with van der Waals surface area (Å²) in [6.07, 6.45) is 1.23. The Morgan fingerprint density at radius 2 is 1.72 bits per heavy atom. The van der Waals surface area contributed by atoms with Crippen LogP contribution >= 0.6 is 0 Å². The molecule has 0 aromatic heterocycles. The van der Waals surface area contributed by atoms with E-state index in [4.69, 9.17) is 4.74 Å². The standard InChI is InChI=1S/C16H26O2/c1-8(2)16(9(3)4)11-7-10-12(15(11,5)6)13(16)18-14(10)17/h8-13H,7H2,1-6H3. The second-order valence-electron chi connectivity index (χ2n) is 7.91. The third-order valence-corrected chi connectivity index (χ3v) is 6.65. The molecule has 2 saturated carbocycles. The van der Waals surface area contributed by atoms with E-state index in [0.717, 1.165) is 6.42 Å². The smallest absolute Gasteiger partial charge is 0.309 e. The summed E-state index contributed by atoms with van der Waals surface area (Å²) >= 11 is 0. The molecule has 0 aromatic carbocycles. The average Bonchev–Trinajstić information content (AvgIpc) is 2.71. The molecule has 2 bridgehead atoms. The first kappa shape index (κ1) is 12.5. The number of carbonyl (C=O) groups excluding carboxylic acids is 1. The van der Waals surface area contributed by atoms with Crippen LogP contribution in [-0.4, -0.2) is 12.1 Å². The van der Waals surface area contributed by atoms with Crippen molar-refractivity contribution < 1.29 is 9.53 Å². The van der Waals surface area contributed by atoms with Gasteiger partial charge >= 0.3 is 5.97 Å². The number of carbonyl (C=O) groups is 1. The molecule has 1 aliphatic heterocycles. The minimum Gasteiger partial charge on any atom is -0.461 e. The minimum absolute atomic E-state index is 0.0868. The number of hydrogen-bond donors (Lipinski definition) is 0. The van der Waals surface area contributed by atoms with E-state index in [1.54, 1.807) is 0 Å². The van der Waals surface area contributed by atoms with E-state index < -0.39 is 0 Å². The summed E-state index contributed by atoms with van der Waals surface area (Å²) in [4.78, 5) is 12.1. The molecule has 0 spiro atoms. The molecule has 18 heavy (non-hydrogen) atoms. The number of rotatable bonds is 2. The van der Waals surface area contributed by atoms with Crippen LogP contribution in [0.2, 0.25) is 0 Å². The number of esters is 1. The molecular formula is C16H26O2. The molecule has 0 radical (unpaired) electrons. The minimum atomic E-state index is 0.0868. The van der Waals surface area contributed by atoms with Crippen LogP contribution in [0.3, 0.4) is 0 Å². The van der Waals surface area contributed by atoms with Crippen LogP contribution in [0.1, 0.15) is 48.0 Å². The molecular weight excluding hydrogens is 224 g/mol. The van der Waals surface area contributed by atoms with Gasteiger partial charge in [-0.15, -0.1) is 0 Å². The van der Waals surface area contributed by atoms with E-state index in [1.807, 2.05) is 0 Å². The SMILES string of the molecule is CC(C)C1(C(C)C)C2OC(=O)C3CC1C(C)(C)C32. The molecule has 4 unspecified atom stereocenters. The van der Waals surface area contributed by atoms with Gasteiger partial charge < -0.3 is 4.74 Å². The van der Waals surface area contributed by atoms with Crippen molar-refractivity contribution in [1.82, 2.24) is 0 Å². The fourth-order valence-electron chi connectivity index (χ4n) is 6.17. The molecule has 3 aliphatic rings. The number of hydrogen-bond acceptors (Lipinski definition) is 2. The van der Waals surface area contributed by atoms with Gasteiger partial charge in [0.15, 0.2) is 0 Å². The monoisotopic (exact) mass is 250 g/mol. The van der Waals surface area contributed by atoms with Gasteiger partial charge in [0.2, 0.25) is 0 Å². The Labute approximate surface area is 110 Å². The predicted molar refractivity (Wildman–Crippen MR) is 70.9 cm³/mol. The first-order chi connectivity index (χ1) is 8.25. The van der Waals surface area contributed by atoms with Crippen molar-refractivity contribution in [2.75, 3.05) is 0 Å². The van der Waals surface area contributed by atoms with Gasteiger partial charge in [-0.1, -0.05) is 41.5 Å². The van der Waals surface area contributed by atoms with Crippen LogP contribution in [0, 0.1) is 40.4 Å². The quantitative estimate of drug-likeness (QED) is 0.701. The molecule has 102 valence electrons. The maximum Gasteiger partial charge on any atom is 0.309 e. The summed E-state index contributed by atoms with van der Waals surface area (Å²) in [5, 5.41) is 0. The van der Waals surface area contributed by atoms with Crippen molar-refractivity contribution in [3.8, 4) is 0 Å². The fourth-order valence-corrected chi connectivity index (χ4v) is 6.17. The lowest BCUT2D eigenvalue weighted by Gasteiger charge is -2.48. The molecule has 1 saturated heterocycles. The first-order valence-electron chi connectivity index (χ1n) is 7.46. The molecule has 0 amide bonds. The van der Waals surface area contributed by atoms with E-state index in [-0.39, 0.29) is 28.8 Å². The summed E-state index contributed by atoms with van der Waals surface area (Å²) in [5.74, 6) is 2.52. The van der Waals surface area contributed by atoms with Crippen molar-refractivity contribution in [2.24, 2.45) is 40.4 Å². The normalized spacial score (nSPS) is 43.0. The summed E-state index contributed by atoms with van der Waals surface area (Å²) in [5.41, 5.74) is 0.451. The molecule has 0 N–H and O–H groups in total. The van der Waals surface area contributed by atoms with Crippen molar-refractivity contribution in [3.05, 3.63) is 0 Å². The topological polar surface area (TPSA) is 26.3 Å². The second kappa shape index (κ2) is 3.32. The van der Waals surface area contributed by atoms with Crippen LogP contribution in [-0.2, 0) is 9.53 Å². The Morgan fingerprint density at radius 3 is 2.22 bits per heavy atom. The number of fused-ring (bicyclic) bond motifs is 1. The zero-order valence-electron chi connectivity index (χ0n) is 12.5. The fraction of sp³-hybridized carbons (Fsp3) is 0.938. The Morgan fingerprint density at radius 1 is 1.17 bits per heavy atom. The zero-order valence-corrected chi connectivity index (χ0v) is 12.5. The average molecular weight is 250 g/mol. The Hall–Kier alpha value is -0.530. The molecule has 3 fully saturated rings. The highest BCUT2D eigenvalue weighted by Crippen LogP contribution is 2.74. The van der Waals surface area contributed by atoms with E-state index in [0.29, 0.717) is 23.7 Å². The molecule has 2 heteroatoms. The molecule has 2 aliphatic carbocycles. The van der Waals surface area contributed by atoms with E-state index in [2.05, 4.69) is 41.5 Å². The zero-order chi connectivity index (χ0) is 13.5. The van der Waals surface area contributed by atoms with Gasteiger partial charge in [0.25, 0.3) is 0 Å². The predicted octanol–water partition coefficient (Wildman–Crippen LogP) is 3.50. The Kier molecular flexibility index (Phi) is 2.30. The number of ether oxygens (including phenoxy) is 1. The largest absolute Gasteiger partial charge is 0.461 e. The lowest BCUT2D eigenvalue weighted by Crippen LogP contribution is -2.48. The van der Waals surface area contributed by atoms with Crippen molar-refractivity contribution >= 4 is 5.97 Å². The van der Waals surface area contributed by atoms with E-state index in [1.165, 1.54) is 0 Å². The van der Waals surface area contributed by atoms with Gasteiger partial charge in [-0.2, -0.15) is 0 Å². The highest BCUT2D eigenvalue weighted by atomic mass is 16.6. The van der Waals surface area contributed by atoms with Crippen LogP contribution in [0.15, 0.2) is 0 Å². The maximum absolute atomic E-state index is 12.1. The molecule has 2 nitrogen and oxygen atoms in total. The maximum atomic E-state index is 12.1. The van der Waals surface area contributed by atoms with Gasteiger partial charge in [-0.25, -0.2) is 0 Å². The second-order valence-corrected chi connectivity index (χ2v) is 7.91. The lowest BCUT2D eigenvalue weighted by molar-refractivity contribution is -0.150. The van der Waals surface area contributed by atoms with E-state index >= 15 is 0 Å². The van der Waals surface area contributed by atoms with Crippen LogP contribution in [0.5, 0.6) is 0 Å². The molecule has 3 rings (SSSR count). The Balaban J connectivity index is 2.17. The Bertz CT molecular complexity index is 386. The summed E-state index contributed by atoms with van der Waals surface area (Å²) in [6.45, 7) is 14.0. The van der Waals surface area contributed by atoms with E-state index in [9.17, 15) is 4.79 Å². The van der Waals surface area contributed by atoms with Crippen LogP contribution < -0.4 is 0 Å². The van der Waals surface area contributed by atoms with Crippen molar-refractivity contribution in [2.45, 2.75) is 54.1 Å². The van der Waals surface area contributed by atoms with Gasteiger partial charge in [0.05, 0.1) is 5.92 Å². The van der Waals surface area contributed by atoms with Crippen molar-refractivity contribution in [3.63, 3.8) is 0 Å². The lowest BCUT2D eigenvalue weighted by atomic mass is 9.57. The highest BCUT2D eigenvalue weighted by Gasteiger charge is 2.76. The molecule has 1 heterocycles. The highest BCUT2D eigenvalue weighted by molar-refractivity contribution is 5.77. The van der Waals surface area contributed by atoms with Gasteiger partial charge in [-0.3, -0.25) is 4.79 Å². The summed E-state index contributed by atoms with van der Waals surface area (Å²) in [7, 11) is 0. The summed E-state index contributed by atoms with van der Waals surface area (Å²) in [6, 6.07) is 0. The first-order valence-corrected chi connectivity index (χ1v) is 7.46. The van der Waals surface area contributed by atoms with Gasteiger partial charge in [0, 0.05) is 11.3 Å². The van der Waals surface area contributed by atoms with Gasteiger partial charge in [0.1, 0.15) is 6.10 Å².